The molecule has 1 N–H and O–H groups in total. The number of rotatable bonds is 12. The van der Waals surface area contributed by atoms with Crippen LogP contribution in [0.2, 0.25) is 0 Å². The third-order valence-electron chi connectivity index (χ3n) is 6.22. The SMILES string of the molecule is CN(CC(=O)N(Cc1ccccc1)[C@H](Cc1ccccc1)C(=O)NCCN1CCOCC1)S(C)(=O)=O. The van der Waals surface area contributed by atoms with Crippen LogP contribution in [-0.2, 0) is 37.3 Å². The number of nitrogens with one attached hydrogen (secondary N) is 1. The van der Waals surface area contributed by atoms with Crippen LogP contribution in [0.1, 0.15) is 11.1 Å². The Kier molecular flexibility index (Phi) is 10.4. The number of hydrogen-bond acceptors (Lipinski definition) is 6. The standard InChI is InChI=1S/C26H36N4O5S/c1-28(36(2,33)34)21-25(31)30(20-23-11-7-4-8-12-23)24(19-22-9-5-3-6-10-22)26(32)27-13-14-29-15-17-35-18-16-29/h3-12,24H,13-21H2,1-2H3,(H,27,32)/t24-/m1/s1. The van der Waals surface area contributed by atoms with E-state index in [1.165, 1.54) is 11.9 Å². The van der Waals surface area contributed by atoms with E-state index >= 15 is 0 Å². The molecular formula is C26H36N4O5S. The third-order valence-corrected chi connectivity index (χ3v) is 7.48. The zero-order chi connectivity index (χ0) is 26.0. The van der Waals surface area contributed by atoms with Crippen molar-refractivity contribution in [3.05, 3.63) is 71.8 Å². The van der Waals surface area contributed by atoms with E-state index in [0.717, 1.165) is 34.8 Å². The zero-order valence-corrected chi connectivity index (χ0v) is 21.8. The van der Waals surface area contributed by atoms with Crippen LogP contribution in [0.3, 0.4) is 0 Å². The van der Waals surface area contributed by atoms with Crippen molar-refractivity contribution in [3.63, 3.8) is 0 Å². The average molecular weight is 517 g/mol. The van der Waals surface area contributed by atoms with Crippen LogP contribution >= 0.6 is 0 Å². The van der Waals surface area contributed by atoms with Crippen molar-refractivity contribution >= 4 is 21.8 Å². The molecule has 0 spiro atoms. The predicted molar refractivity (Wildman–Crippen MR) is 139 cm³/mol. The van der Waals surface area contributed by atoms with Gasteiger partial charge in [-0.25, -0.2) is 8.42 Å². The van der Waals surface area contributed by atoms with E-state index in [4.69, 9.17) is 4.74 Å². The number of carbonyl (C=O) groups excluding carboxylic acids is 2. The molecule has 1 aliphatic rings. The molecule has 1 heterocycles. The van der Waals surface area contributed by atoms with Crippen molar-refractivity contribution in [1.29, 1.82) is 0 Å². The molecule has 36 heavy (non-hydrogen) atoms. The van der Waals surface area contributed by atoms with Crippen LogP contribution in [0.5, 0.6) is 0 Å². The van der Waals surface area contributed by atoms with Crippen LogP contribution < -0.4 is 5.32 Å². The molecule has 1 atom stereocenters. The van der Waals surface area contributed by atoms with E-state index < -0.39 is 22.0 Å². The van der Waals surface area contributed by atoms with Crippen molar-refractivity contribution in [2.75, 3.05) is 59.2 Å². The largest absolute Gasteiger partial charge is 0.379 e. The van der Waals surface area contributed by atoms with Crippen molar-refractivity contribution in [2.45, 2.75) is 19.0 Å². The first-order valence-corrected chi connectivity index (χ1v) is 14.0. The summed E-state index contributed by atoms with van der Waals surface area (Å²) in [7, 11) is -2.20. The highest BCUT2D eigenvalue weighted by Gasteiger charge is 2.31. The number of morpholine rings is 1. The summed E-state index contributed by atoms with van der Waals surface area (Å²) < 4.78 is 30.4. The van der Waals surface area contributed by atoms with Gasteiger partial charge in [0.15, 0.2) is 0 Å². The van der Waals surface area contributed by atoms with Gasteiger partial charge in [-0.3, -0.25) is 14.5 Å². The van der Waals surface area contributed by atoms with Gasteiger partial charge in [0.25, 0.3) is 0 Å². The summed E-state index contributed by atoms with van der Waals surface area (Å²) >= 11 is 0. The molecule has 0 saturated carbocycles. The number of likely N-dealkylation sites (N-methyl/N-ethyl adjacent to an activating group) is 1. The lowest BCUT2D eigenvalue weighted by molar-refractivity contribution is -0.141. The minimum Gasteiger partial charge on any atom is -0.379 e. The van der Waals surface area contributed by atoms with Gasteiger partial charge < -0.3 is 15.0 Å². The molecular weight excluding hydrogens is 480 g/mol. The second-order valence-electron chi connectivity index (χ2n) is 8.98. The number of sulfonamides is 1. The molecule has 1 saturated heterocycles. The van der Waals surface area contributed by atoms with E-state index in [1.807, 2.05) is 60.7 Å². The second-order valence-corrected chi connectivity index (χ2v) is 11.1. The lowest BCUT2D eigenvalue weighted by Gasteiger charge is -2.33. The minimum atomic E-state index is -3.57. The van der Waals surface area contributed by atoms with E-state index in [-0.39, 0.29) is 19.0 Å². The highest BCUT2D eigenvalue weighted by Crippen LogP contribution is 2.15. The molecule has 0 bridgehead atoms. The first-order valence-electron chi connectivity index (χ1n) is 12.1. The monoisotopic (exact) mass is 516 g/mol. The van der Waals surface area contributed by atoms with Crippen LogP contribution in [0, 0.1) is 0 Å². The number of carbonyl (C=O) groups is 2. The van der Waals surface area contributed by atoms with Crippen molar-refractivity contribution in [3.8, 4) is 0 Å². The highest BCUT2D eigenvalue weighted by atomic mass is 32.2. The highest BCUT2D eigenvalue weighted by molar-refractivity contribution is 7.88. The number of amides is 2. The Bertz CT molecular complexity index is 1080. The molecule has 2 aromatic rings. The molecule has 0 aliphatic carbocycles. The quantitative estimate of drug-likeness (QED) is 0.451. The average Bonchev–Trinajstić information content (AvgIpc) is 2.87. The number of ether oxygens (including phenoxy) is 1. The van der Waals surface area contributed by atoms with Crippen molar-refractivity contribution in [1.82, 2.24) is 19.4 Å². The maximum absolute atomic E-state index is 13.5. The molecule has 0 aromatic heterocycles. The van der Waals surface area contributed by atoms with E-state index in [2.05, 4.69) is 10.2 Å². The van der Waals surface area contributed by atoms with Gasteiger partial charge >= 0.3 is 0 Å². The molecule has 9 nitrogen and oxygen atoms in total. The molecule has 10 heteroatoms. The van der Waals surface area contributed by atoms with Gasteiger partial charge in [-0.2, -0.15) is 4.31 Å². The van der Waals surface area contributed by atoms with Crippen LogP contribution in [0.15, 0.2) is 60.7 Å². The smallest absolute Gasteiger partial charge is 0.243 e. The van der Waals surface area contributed by atoms with Crippen LogP contribution in [0.25, 0.3) is 0 Å². The number of nitrogens with zero attached hydrogens (tertiary/aromatic N) is 3. The van der Waals surface area contributed by atoms with Gasteiger partial charge in [0.1, 0.15) is 6.04 Å². The topological polar surface area (TPSA) is 99.3 Å². The fourth-order valence-electron chi connectivity index (χ4n) is 4.01. The van der Waals surface area contributed by atoms with E-state index in [0.29, 0.717) is 32.7 Å². The lowest BCUT2D eigenvalue weighted by Crippen LogP contribution is -2.53. The normalized spacial score (nSPS) is 15.4. The predicted octanol–water partition coefficient (Wildman–Crippen LogP) is 0.966. The molecule has 0 unspecified atom stereocenters. The summed E-state index contributed by atoms with van der Waals surface area (Å²) in [5, 5.41) is 3.01. The van der Waals surface area contributed by atoms with Gasteiger partial charge in [0.2, 0.25) is 21.8 Å². The van der Waals surface area contributed by atoms with Gasteiger partial charge in [-0.05, 0) is 11.1 Å². The Morgan fingerprint density at radius 1 is 1.00 bits per heavy atom. The molecule has 196 valence electrons. The Morgan fingerprint density at radius 3 is 2.17 bits per heavy atom. The number of hydrogen-bond donors (Lipinski definition) is 1. The first-order chi connectivity index (χ1) is 17.2. The van der Waals surface area contributed by atoms with Gasteiger partial charge in [0, 0.05) is 46.2 Å². The third kappa shape index (κ3) is 8.70. The lowest BCUT2D eigenvalue weighted by atomic mass is 10.0. The van der Waals surface area contributed by atoms with Crippen molar-refractivity contribution in [2.24, 2.45) is 0 Å². The summed E-state index contributed by atoms with van der Waals surface area (Å²) in [6.07, 6.45) is 1.37. The first kappa shape index (κ1) is 27.8. The Labute approximate surface area is 214 Å². The summed E-state index contributed by atoms with van der Waals surface area (Å²) in [6, 6.07) is 18.1. The summed E-state index contributed by atoms with van der Waals surface area (Å²) in [4.78, 5) is 30.7. The van der Waals surface area contributed by atoms with E-state index in [9.17, 15) is 18.0 Å². The summed E-state index contributed by atoms with van der Waals surface area (Å²) in [6.45, 7) is 3.97. The van der Waals surface area contributed by atoms with Crippen molar-refractivity contribution < 1.29 is 22.7 Å². The maximum Gasteiger partial charge on any atom is 0.243 e. The number of benzene rings is 2. The molecule has 2 amide bonds. The van der Waals surface area contributed by atoms with Crippen LogP contribution in [0.4, 0.5) is 0 Å². The van der Waals surface area contributed by atoms with E-state index in [1.54, 1.807) is 0 Å². The molecule has 3 rings (SSSR count). The Morgan fingerprint density at radius 2 is 1.58 bits per heavy atom. The van der Waals surface area contributed by atoms with Gasteiger partial charge in [0.05, 0.1) is 26.0 Å². The van der Waals surface area contributed by atoms with Gasteiger partial charge in [-0.1, -0.05) is 60.7 Å². The molecule has 1 aliphatic heterocycles. The zero-order valence-electron chi connectivity index (χ0n) is 21.0. The molecule has 2 aromatic carbocycles. The van der Waals surface area contributed by atoms with Gasteiger partial charge in [-0.15, -0.1) is 0 Å². The fourth-order valence-corrected chi connectivity index (χ4v) is 4.36. The fraction of sp³-hybridized carbons (Fsp3) is 0.462. The minimum absolute atomic E-state index is 0.186. The summed E-state index contributed by atoms with van der Waals surface area (Å²) in [5.41, 5.74) is 1.76. The molecule has 1 fully saturated rings. The second kappa shape index (κ2) is 13.5. The van der Waals surface area contributed by atoms with Crippen LogP contribution in [-0.4, -0.2) is 99.6 Å². The Hall–Kier alpha value is -2.79. The molecule has 0 radical (unpaired) electrons. The maximum atomic E-state index is 13.5. The Balaban J connectivity index is 1.83. The summed E-state index contributed by atoms with van der Waals surface area (Å²) in [5.74, 6) is -0.700.